The van der Waals surface area contributed by atoms with Crippen molar-refractivity contribution in [1.29, 1.82) is 0 Å². The van der Waals surface area contributed by atoms with Gasteiger partial charge in [0.1, 0.15) is 5.82 Å². The van der Waals surface area contributed by atoms with Gasteiger partial charge in [0.2, 0.25) is 5.43 Å². The second-order valence-corrected chi connectivity index (χ2v) is 7.18. The molecular weight excluding hydrogens is 329 g/mol. The zero-order valence-electron chi connectivity index (χ0n) is 14.7. The van der Waals surface area contributed by atoms with Crippen LogP contribution < -0.4 is 5.43 Å². The number of hydrogen-bond donors (Lipinski definition) is 0. The first kappa shape index (κ1) is 16.7. The van der Waals surface area contributed by atoms with E-state index in [1.54, 1.807) is 24.4 Å². The molecule has 3 nitrogen and oxygen atoms in total. The van der Waals surface area contributed by atoms with E-state index in [-0.39, 0.29) is 16.7 Å². The molecule has 1 heterocycles. The number of aromatic nitrogens is 1. The summed E-state index contributed by atoms with van der Waals surface area (Å²) in [5, 5.41) is 0.266. The predicted octanol–water partition coefficient (Wildman–Crippen LogP) is 4.48. The Balaban J connectivity index is 1.87. The minimum absolute atomic E-state index is 0.103. The second kappa shape index (κ2) is 6.52. The van der Waals surface area contributed by atoms with Gasteiger partial charge in [-0.2, -0.15) is 0 Å². The highest BCUT2D eigenvalue weighted by molar-refractivity contribution is 6.10. The number of ketones is 1. The number of benzene rings is 2. The van der Waals surface area contributed by atoms with E-state index in [1.165, 1.54) is 18.6 Å². The molecule has 1 aromatic heterocycles. The maximum Gasteiger partial charge on any atom is 0.200 e. The molecule has 0 saturated heterocycles. The quantitative estimate of drug-likeness (QED) is 0.652. The van der Waals surface area contributed by atoms with Crippen LogP contribution in [0.5, 0.6) is 0 Å². The standard InChI is InChI=1S/C22H20FNO2/c1-14-5-7-16(8-6-14)21(25)19-13-24(12-15-3-2-4-15)20-10-9-17(23)11-18(20)22(19)26/h5-11,13,15H,2-4,12H2,1H3. The fourth-order valence-corrected chi connectivity index (χ4v) is 3.50. The highest BCUT2D eigenvalue weighted by Gasteiger charge is 2.21. The average Bonchev–Trinajstić information content (AvgIpc) is 2.60. The van der Waals surface area contributed by atoms with Crippen molar-refractivity contribution < 1.29 is 9.18 Å². The van der Waals surface area contributed by atoms with Gasteiger partial charge in [-0.25, -0.2) is 4.39 Å². The van der Waals surface area contributed by atoms with Crippen molar-refractivity contribution in [3.8, 4) is 0 Å². The molecule has 0 radical (unpaired) electrons. The minimum atomic E-state index is -0.468. The molecule has 0 spiro atoms. The van der Waals surface area contributed by atoms with Crippen LogP contribution in [0.1, 0.15) is 40.7 Å². The lowest BCUT2D eigenvalue weighted by molar-refractivity contribution is 0.103. The van der Waals surface area contributed by atoms with Crippen LogP contribution in [0, 0.1) is 18.7 Å². The maximum absolute atomic E-state index is 13.8. The number of hydrogen-bond acceptors (Lipinski definition) is 2. The number of fused-ring (bicyclic) bond motifs is 1. The first-order valence-corrected chi connectivity index (χ1v) is 8.97. The number of rotatable bonds is 4. The fourth-order valence-electron chi connectivity index (χ4n) is 3.50. The van der Waals surface area contributed by atoms with Crippen molar-refractivity contribution in [3.05, 3.63) is 81.4 Å². The molecule has 132 valence electrons. The maximum atomic E-state index is 13.8. The lowest BCUT2D eigenvalue weighted by Crippen LogP contribution is -2.24. The zero-order valence-corrected chi connectivity index (χ0v) is 14.7. The van der Waals surface area contributed by atoms with Crippen LogP contribution in [0.2, 0.25) is 0 Å². The molecular formula is C22H20FNO2. The van der Waals surface area contributed by atoms with Crippen LogP contribution in [-0.4, -0.2) is 10.4 Å². The molecule has 0 amide bonds. The van der Waals surface area contributed by atoms with Gasteiger partial charge in [0.15, 0.2) is 5.78 Å². The predicted molar refractivity (Wildman–Crippen MR) is 100 cm³/mol. The van der Waals surface area contributed by atoms with Gasteiger partial charge < -0.3 is 4.57 Å². The number of aryl methyl sites for hydroxylation is 1. The summed E-state index contributed by atoms with van der Waals surface area (Å²) in [7, 11) is 0. The summed E-state index contributed by atoms with van der Waals surface area (Å²) in [6.45, 7) is 2.69. The minimum Gasteiger partial charge on any atom is -0.346 e. The first-order valence-electron chi connectivity index (χ1n) is 8.97. The van der Waals surface area contributed by atoms with Crippen LogP contribution in [-0.2, 0) is 6.54 Å². The summed E-state index contributed by atoms with van der Waals surface area (Å²) < 4.78 is 15.7. The van der Waals surface area contributed by atoms with Crippen molar-refractivity contribution in [3.63, 3.8) is 0 Å². The normalized spacial score (nSPS) is 14.4. The van der Waals surface area contributed by atoms with E-state index in [2.05, 4.69) is 0 Å². The summed E-state index contributed by atoms with van der Waals surface area (Å²) >= 11 is 0. The lowest BCUT2D eigenvalue weighted by atomic mass is 9.85. The molecule has 1 aliphatic carbocycles. The Hall–Kier alpha value is -2.75. The summed E-state index contributed by atoms with van der Waals surface area (Å²) in [4.78, 5) is 25.8. The monoisotopic (exact) mass is 349 g/mol. The Morgan fingerprint density at radius 2 is 1.88 bits per heavy atom. The van der Waals surface area contributed by atoms with Gasteiger partial charge in [0, 0.05) is 23.7 Å². The summed E-state index contributed by atoms with van der Waals surface area (Å²) in [5.41, 5.74) is 1.90. The molecule has 1 saturated carbocycles. The number of pyridine rings is 1. The topological polar surface area (TPSA) is 39.1 Å². The summed E-state index contributed by atoms with van der Waals surface area (Å²) in [6.07, 6.45) is 5.17. The molecule has 0 bridgehead atoms. The van der Waals surface area contributed by atoms with Crippen LogP contribution in [0.25, 0.3) is 10.9 Å². The molecule has 1 aliphatic rings. The number of nitrogens with zero attached hydrogens (tertiary/aromatic N) is 1. The molecule has 3 aromatic rings. The van der Waals surface area contributed by atoms with Gasteiger partial charge in [-0.15, -0.1) is 0 Å². The fraction of sp³-hybridized carbons (Fsp3) is 0.273. The smallest absolute Gasteiger partial charge is 0.200 e. The molecule has 0 unspecified atom stereocenters. The Labute approximate surface area is 151 Å². The molecule has 26 heavy (non-hydrogen) atoms. The van der Waals surface area contributed by atoms with Crippen molar-refractivity contribution in [2.75, 3.05) is 0 Å². The van der Waals surface area contributed by atoms with E-state index >= 15 is 0 Å². The SMILES string of the molecule is Cc1ccc(C(=O)c2cn(CC3CCC3)c3ccc(F)cc3c2=O)cc1. The Morgan fingerprint density at radius 3 is 2.54 bits per heavy atom. The average molecular weight is 349 g/mol. The van der Waals surface area contributed by atoms with Crippen molar-refractivity contribution in [2.24, 2.45) is 5.92 Å². The van der Waals surface area contributed by atoms with Crippen LogP contribution >= 0.6 is 0 Å². The Morgan fingerprint density at radius 1 is 1.15 bits per heavy atom. The Kier molecular flexibility index (Phi) is 4.19. The van der Waals surface area contributed by atoms with Gasteiger partial charge >= 0.3 is 0 Å². The zero-order chi connectivity index (χ0) is 18.3. The lowest BCUT2D eigenvalue weighted by Gasteiger charge is -2.27. The highest BCUT2D eigenvalue weighted by atomic mass is 19.1. The highest BCUT2D eigenvalue weighted by Crippen LogP contribution is 2.29. The van der Waals surface area contributed by atoms with E-state index < -0.39 is 11.2 Å². The molecule has 1 fully saturated rings. The molecule has 4 rings (SSSR count). The van der Waals surface area contributed by atoms with E-state index in [1.807, 2.05) is 23.6 Å². The third-order valence-corrected chi connectivity index (χ3v) is 5.28. The third-order valence-electron chi connectivity index (χ3n) is 5.28. The largest absolute Gasteiger partial charge is 0.346 e. The molecule has 2 aromatic carbocycles. The van der Waals surface area contributed by atoms with E-state index in [0.717, 1.165) is 24.9 Å². The van der Waals surface area contributed by atoms with Crippen molar-refractivity contribution >= 4 is 16.7 Å². The van der Waals surface area contributed by atoms with Crippen LogP contribution in [0.15, 0.2) is 53.5 Å². The number of carbonyl (C=O) groups excluding carboxylic acids is 1. The van der Waals surface area contributed by atoms with Crippen molar-refractivity contribution in [2.45, 2.75) is 32.7 Å². The van der Waals surface area contributed by atoms with E-state index in [0.29, 0.717) is 17.0 Å². The van der Waals surface area contributed by atoms with E-state index in [9.17, 15) is 14.0 Å². The number of carbonyl (C=O) groups is 1. The first-order chi connectivity index (χ1) is 12.5. The summed E-state index contributed by atoms with van der Waals surface area (Å²) in [5.74, 6) is -0.235. The van der Waals surface area contributed by atoms with Crippen LogP contribution in [0.4, 0.5) is 4.39 Å². The number of halogens is 1. The van der Waals surface area contributed by atoms with Gasteiger partial charge in [0.05, 0.1) is 11.1 Å². The van der Waals surface area contributed by atoms with E-state index in [4.69, 9.17) is 0 Å². The van der Waals surface area contributed by atoms with Crippen molar-refractivity contribution in [1.82, 2.24) is 4.57 Å². The summed E-state index contributed by atoms with van der Waals surface area (Å²) in [6, 6.07) is 11.4. The molecule has 4 heteroatoms. The molecule has 0 aliphatic heterocycles. The molecule has 0 N–H and O–H groups in total. The second-order valence-electron chi connectivity index (χ2n) is 7.18. The van der Waals surface area contributed by atoms with Gasteiger partial charge in [0.25, 0.3) is 0 Å². The Bertz CT molecular complexity index is 1050. The van der Waals surface area contributed by atoms with Crippen LogP contribution in [0.3, 0.4) is 0 Å². The van der Waals surface area contributed by atoms with Gasteiger partial charge in [-0.3, -0.25) is 9.59 Å². The van der Waals surface area contributed by atoms with Gasteiger partial charge in [-0.1, -0.05) is 36.2 Å². The molecule has 0 atom stereocenters. The third kappa shape index (κ3) is 2.96. The van der Waals surface area contributed by atoms with Gasteiger partial charge in [-0.05, 0) is 43.9 Å².